The summed E-state index contributed by atoms with van der Waals surface area (Å²) in [4.78, 5) is 15.3. The highest BCUT2D eigenvalue weighted by atomic mass is 19.4. The molecular formula is C25H36F3N5. The van der Waals surface area contributed by atoms with Gasteiger partial charge in [0.05, 0.1) is 11.3 Å². The van der Waals surface area contributed by atoms with Crippen molar-refractivity contribution >= 4 is 16.7 Å². The summed E-state index contributed by atoms with van der Waals surface area (Å²) in [6.07, 6.45) is 6.50. The molecule has 3 aliphatic rings. The summed E-state index contributed by atoms with van der Waals surface area (Å²) in [7, 11) is 2.24. The van der Waals surface area contributed by atoms with E-state index in [1.165, 1.54) is 76.7 Å². The van der Waals surface area contributed by atoms with Crippen molar-refractivity contribution in [2.24, 2.45) is 5.92 Å². The van der Waals surface area contributed by atoms with Gasteiger partial charge in [-0.3, -0.25) is 9.97 Å². The first-order chi connectivity index (χ1) is 15.8. The Hall–Kier alpha value is -1.93. The molecule has 0 radical (unpaired) electrons. The van der Waals surface area contributed by atoms with Crippen LogP contribution in [0.25, 0.3) is 11.0 Å². The van der Waals surface area contributed by atoms with Crippen LogP contribution in [0.1, 0.15) is 51.0 Å². The van der Waals surface area contributed by atoms with Gasteiger partial charge in [-0.25, -0.2) is 0 Å². The molecule has 0 saturated carbocycles. The van der Waals surface area contributed by atoms with Gasteiger partial charge < -0.3 is 14.7 Å². The van der Waals surface area contributed by atoms with Crippen molar-refractivity contribution in [3.05, 3.63) is 30.1 Å². The Balaban J connectivity index is 0.000000172. The van der Waals surface area contributed by atoms with E-state index in [1.807, 2.05) is 0 Å². The van der Waals surface area contributed by atoms with Gasteiger partial charge in [0.1, 0.15) is 11.0 Å². The first kappa shape index (κ1) is 24.2. The number of benzene rings is 1. The Kier molecular flexibility index (Phi) is 7.74. The minimum Gasteiger partial charge on any atom is -0.369 e. The van der Waals surface area contributed by atoms with Crippen molar-refractivity contribution in [3.8, 4) is 0 Å². The molecule has 0 aliphatic carbocycles. The molecule has 8 heteroatoms. The van der Waals surface area contributed by atoms with E-state index in [1.54, 1.807) is 0 Å². The molecule has 0 N–H and O–H groups in total. The fourth-order valence-corrected chi connectivity index (χ4v) is 5.32. The lowest BCUT2D eigenvalue weighted by Crippen LogP contribution is -2.45. The first-order valence-corrected chi connectivity index (χ1v) is 12.3. The average Bonchev–Trinajstić information content (AvgIpc) is 3.25. The maximum Gasteiger partial charge on any atom is 0.418 e. The van der Waals surface area contributed by atoms with E-state index in [9.17, 15) is 13.2 Å². The predicted molar refractivity (Wildman–Crippen MR) is 126 cm³/mol. The van der Waals surface area contributed by atoms with E-state index in [-0.39, 0.29) is 5.52 Å². The largest absolute Gasteiger partial charge is 0.418 e. The number of likely N-dealkylation sites (tertiary alicyclic amines) is 2. The highest BCUT2D eigenvalue weighted by Gasteiger charge is 2.34. The maximum absolute atomic E-state index is 13.0. The molecule has 1 aromatic heterocycles. The van der Waals surface area contributed by atoms with Gasteiger partial charge in [-0.05, 0) is 83.4 Å². The summed E-state index contributed by atoms with van der Waals surface area (Å²) in [5.41, 5.74) is 0.274. The Bertz CT molecular complexity index is 905. The van der Waals surface area contributed by atoms with Crippen molar-refractivity contribution in [1.29, 1.82) is 0 Å². The van der Waals surface area contributed by atoms with Gasteiger partial charge in [0.25, 0.3) is 0 Å². The first-order valence-electron chi connectivity index (χ1n) is 12.3. The molecule has 0 amide bonds. The molecule has 33 heavy (non-hydrogen) atoms. The Morgan fingerprint density at radius 1 is 0.848 bits per heavy atom. The number of rotatable bonds is 2. The number of nitrogens with zero attached hydrogens (tertiary/aromatic N) is 5. The monoisotopic (exact) mass is 463 g/mol. The number of halogens is 3. The lowest BCUT2D eigenvalue weighted by atomic mass is 10.0. The SMILES string of the molecule is CN1CCC(N2CCCCC2)CC1.C[C@H]1CCN(c2ccc(C(F)(F)F)c3nccnc23)C1. The predicted octanol–water partition coefficient (Wildman–Crippen LogP) is 5.06. The topological polar surface area (TPSA) is 35.5 Å². The second-order valence-corrected chi connectivity index (χ2v) is 9.85. The number of alkyl halides is 3. The maximum atomic E-state index is 13.0. The lowest BCUT2D eigenvalue weighted by molar-refractivity contribution is -0.136. The van der Waals surface area contributed by atoms with Crippen molar-refractivity contribution in [3.63, 3.8) is 0 Å². The van der Waals surface area contributed by atoms with Gasteiger partial charge in [-0.2, -0.15) is 13.2 Å². The van der Waals surface area contributed by atoms with Crippen LogP contribution in [0.3, 0.4) is 0 Å². The second-order valence-electron chi connectivity index (χ2n) is 9.85. The zero-order chi connectivity index (χ0) is 23.4. The minimum atomic E-state index is -4.41. The van der Waals surface area contributed by atoms with E-state index in [0.717, 1.165) is 37.3 Å². The number of hydrogen-bond donors (Lipinski definition) is 0. The van der Waals surface area contributed by atoms with E-state index in [4.69, 9.17) is 0 Å². The van der Waals surface area contributed by atoms with Crippen LogP contribution in [0, 0.1) is 5.92 Å². The quantitative estimate of drug-likeness (QED) is 0.622. The molecule has 1 aromatic carbocycles. The Labute approximate surface area is 195 Å². The molecule has 0 spiro atoms. The summed E-state index contributed by atoms with van der Waals surface area (Å²) in [5.74, 6) is 0.545. The molecule has 0 bridgehead atoms. The van der Waals surface area contributed by atoms with Crippen LogP contribution in [0.15, 0.2) is 24.5 Å². The Morgan fingerprint density at radius 3 is 2.12 bits per heavy atom. The van der Waals surface area contributed by atoms with Gasteiger partial charge in [0.2, 0.25) is 0 Å². The molecule has 3 saturated heterocycles. The molecule has 1 atom stereocenters. The third kappa shape index (κ3) is 5.96. The molecule has 5 nitrogen and oxygen atoms in total. The van der Waals surface area contributed by atoms with Crippen LogP contribution in [-0.2, 0) is 6.18 Å². The highest BCUT2D eigenvalue weighted by Crippen LogP contribution is 2.37. The number of hydrogen-bond acceptors (Lipinski definition) is 5. The zero-order valence-corrected chi connectivity index (χ0v) is 19.8. The summed E-state index contributed by atoms with van der Waals surface area (Å²) in [6.45, 7) is 9.18. The summed E-state index contributed by atoms with van der Waals surface area (Å²) in [6, 6.07) is 3.53. The van der Waals surface area contributed by atoms with Gasteiger partial charge in [-0.1, -0.05) is 13.3 Å². The normalized spacial score (nSPS) is 23.5. The molecule has 3 fully saturated rings. The standard InChI is InChI=1S/C14H14F3N3.C11H22N2/c1-9-4-7-20(8-9)11-3-2-10(14(15,16)17)12-13(11)19-6-5-18-12;1-12-9-5-11(6-10-12)13-7-3-2-4-8-13/h2-3,5-6,9H,4,7-8H2,1H3;11H,2-10H2,1H3/t9-;/m0./s1. The van der Waals surface area contributed by atoms with E-state index < -0.39 is 11.7 Å². The number of anilines is 1. The summed E-state index contributed by atoms with van der Waals surface area (Å²) in [5, 5.41) is 0. The van der Waals surface area contributed by atoms with Crippen LogP contribution in [0.2, 0.25) is 0 Å². The molecule has 3 aliphatic heterocycles. The second kappa shape index (κ2) is 10.6. The van der Waals surface area contributed by atoms with Crippen LogP contribution in [0.4, 0.5) is 18.9 Å². The zero-order valence-electron chi connectivity index (χ0n) is 19.8. The Morgan fingerprint density at radius 2 is 1.52 bits per heavy atom. The molecule has 0 unspecified atom stereocenters. The van der Waals surface area contributed by atoms with Crippen molar-refractivity contribution < 1.29 is 13.2 Å². The third-order valence-electron chi connectivity index (χ3n) is 7.27. The third-order valence-corrected chi connectivity index (χ3v) is 7.27. The number of fused-ring (bicyclic) bond motifs is 1. The lowest BCUT2D eigenvalue weighted by Gasteiger charge is -2.39. The van der Waals surface area contributed by atoms with Gasteiger partial charge in [-0.15, -0.1) is 0 Å². The van der Waals surface area contributed by atoms with E-state index in [2.05, 4.69) is 38.6 Å². The van der Waals surface area contributed by atoms with Crippen LogP contribution in [-0.4, -0.2) is 72.1 Å². The van der Waals surface area contributed by atoms with Gasteiger partial charge in [0, 0.05) is 31.5 Å². The number of aromatic nitrogens is 2. The fourth-order valence-electron chi connectivity index (χ4n) is 5.32. The average molecular weight is 464 g/mol. The summed E-state index contributed by atoms with van der Waals surface area (Å²) < 4.78 is 39.0. The van der Waals surface area contributed by atoms with E-state index in [0.29, 0.717) is 11.4 Å². The highest BCUT2D eigenvalue weighted by molar-refractivity contribution is 5.90. The van der Waals surface area contributed by atoms with Gasteiger partial charge >= 0.3 is 6.18 Å². The van der Waals surface area contributed by atoms with Crippen molar-refractivity contribution in [2.45, 2.75) is 57.7 Å². The molecule has 4 heterocycles. The number of piperidine rings is 2. The van der Waals surface area contributed by atoms with Gasteiger partial charge in [0.15, 0.2) is 0 Å². The molecule has 5 rings (SSSR count). The fraction of sp³-hybridized carbons (Fsp3) is 0.680. The van der Waals surface area contributed by atoms with E-state index >= 15 is 0 Å². The van der Waals surface area contributed by atoms with Crippen LogP contribution >= 0.6 is 0 Å². The smallest absolute Gasteiger partial charge is 0.369 e. The van der Waals surface area contributed by atoms with Crippen LogP contribution < -0.4 is 4.90 Å². The van der Waals surface area contributed by atoms with Crippen molar-refractivity contribution in [2.75, 3.05) is 51.2 Å². The molecule has 182 valence electrons. The van der Waals surface area contributed by atoms with Crippen LogP contribution in [0.5, 0.6) is 0 Å². The summed E-state index contributed by atoms with van der Waals surface area (Å²) >= 11 is 0. The van der Waals surface area contributed by atoms with Crippen molar-refractivity contribution in [1.82, 2.24) is 19.8 Å². The molecular weight excluding hydrogens is 427 g/mol. The molecule has 2 aromatic rings. The minimum absolute atomic E-state index is 0.0722.